The van der Waals surface area contributed by atoms with Gasteiger partial charge in [0.2, 0.25) is 5.91 Å². The van der Waals surface area contributed by atoms with Gasteiger partial charge >= 0.3 is 0 Å². The summed E-state index contributed by atoms with van der Waals surface area (Å²) in [7, 11) is 0. The van der Waals surface area contributed by atoms with Crippen molar-refractivity contribution in [2.45, 2.75) is 13.0 Å². The van der Waals surface area contributed by atoms with Crippen LogP contribution in [0.3, 0.4) is 0 Å². The summed E-state index contributed by atoms with van der Waals surface area (Å²) in [4.78, 5) is 21.1. The van der Waals surface area contributed by atoms with Gasteiger partial charge in [-0.25, -0.2) is 0 Å². The Kier molecular flexibility index (Phi) is 7.29. The Morgan fingerprint density at radius 2 is 1.75 bits per heavy atom. The molecule has 0 spiro atoms. The molecule has 8 heteroatoms. The molecule has 0 bridgehead atoms. The van der Waals surface area contributed by atoms with E-state index in [4.69, 9.17) is 10.2 Å². The largest absolute Gasteiger partial charge is 0.423 e. The zero-order valence-corrected chi connectivity index (χ0v) is 17.2. The van der Waals surface area contributed by atoms with Crippen LogP contribution in [0.4, 0.5) is 6.01 Å². The fourth-order valence-electron chi connectivity index (χ4n) is 3.28. The Morgan fingerprint density at radius 3 is 2.43 bits per heavy atom. The van der Waals surface area contributed by atoms with E-state index in [1.807, 2.05) is 60.4 Å². The quantitative estimate of drug-likeness (QED) is 0.700. The highest BCUT2D eigenvalue weighted by Crippen LogP contribution is 2.24. The van der Waals surface area contributed by atoms with Crippen molar-refractivity contribution in [3.63, 3.8) is 0 Å². The molecule has 1 aromatic heterocycles. The van der Waals surface area contributed by atoms with E-state index in [1.54, 1.807) is 0 Å². The Labute approximate surface area is 176 Å². The van der Waals surface area contributed by atoms with Crippen LogP contribution in [0.2, 0.25) is 0 Å². The first-order valence-corrected chi connectivity index (χ1v) is 8.83. The van der Waals surface area contributed by atoms with Crippen LogP contribution in [0, 0.1) is 6.92 Å². The summed E-state index contributed by atoms with van der Waals surface area (Å²) in [5, 5.41) is 0. The molecule has 0 radical (unpaired) electrons. The number of aryl methyl sites for hydroxylation is 1. The number of benzene rings is 2. The van der Waals surface area contributed by atoms with Crippen LogP contribution < -0.4 is 10.6 Å². The van der Waals surface area contributed by atoms with Crippen molar-refractivity contribution in [3.05, 3.63) is 59.7 Å². The number of amides is 1. The summed E-state index contributed by atoms with van der Waals surface area (Å²) >= 11 is 0. The number of nitrogens with two attached hydrogens (primary N) is 1. The molecule has 1 aliphatic heterocycles. The van der Waals surface area contributed by atoms with E-state index >= 15 is 0 Å². The lowest BCUT2D eigenvalue weighted by molar-refractivity contribution is -0.133. The highest BCUT2D eigenvalue weighted by Gasteiger charge is 2.27. The van der Waals surface area contributed by atoms with E-state index in [1.165, 1.54) is 0 Å². The van der Waals surface area contributed by atoms with Crippen LogP contribution in [-0.2, 0) is 4.79 Å². The topological polar surface area (TPSA) is 75.6 Å². The summed E-state index contributed by atoms with van der Waals surface area (Å²) in [6, 6.07) is 15.5. The van der Waals surface area contributed by atoms with Crippen molar-refractivity contribution in [1.29, 1.82) is 0 Å². The van der Waals surface area contributed by atoms with Crippen molar-refractivity contribution in [3.8, 4) is 0 Å². The molecule has 0 saturated carbocycles. The first-order valence-electron chi connectivity index (χ1n) is 8.83. The number of anilines is 1. The predicted molar refractivity (Wildman–Crippen MR) is 115 cm³/mol. The minimum atomic E-state index is -0.616. The molecule has 1 amide bonds. The zero-order chi connectivity index (χ0) is 18.1. The minimum Gasteiger partial charge on any atom is -0.423 e. The third kappa shape index (κ3) is 4.41. The van der Waals surface area contributed by atoms with Gasteiger partial charge in [0.15, 0.2) is 5.58 Å². The van der Waals surface area contributed by atoms with E-state index < -0.39 is 6.04 Å². The van der Waals surface area contributed by atoms with Gasteiger partial charge in [-0.05, 0) is 30.2 Å². The second-order valence-electron chi connectivity index (χ2n) is 6.67. The number of halogens is 2. The van der Waals surface area contributed by atoms with Crippen molar-refractivity contribution in [2.75, 3.05) is 31.1 Å². The van der Waals surface area contributed by atoms with Crippen LogP contribution >= 0.6 is 24.8 Å². The Balaban J connectivity index is 0.00000140. The van der Waals surface area contributed by atoms with Crippen molar-refractivity contribution < 1.29 is 9.21 Å². The second-order valence-corrected chi connectivity index (χ2v) is 6.67. The molecule has 4 rings (SSSR count). The highest BCUT2D eigenvalue weighted by atomic mass is 35.5. The van der Waals surface area contributed by atoms with Crippen LogP contribution in [0.1, 0.15) is 17.2 Å². The summed E-state index contributed by atoms with van der Waals surface area (Å²) in [5.41, 5.74) is 9.79. The van der Waals surface area contributed by atoms with Gasteiger partial charge in [0.25, 0.3) is 6.01 Å². The Morgan fingerprint density at radius 1 is 1.07 bits per heavy atom. The molecule has 3 aromatic rings. The fraction of sp³-hybridized carbons (Fsp3) is 0.300. The molecule has 2 aromatic carbocycles. The van der Waals surface area contributed by atoms with Crippen molar-refractivity contribution in [1.82, 2.24) is 9.88 Å². The molecule has 1 fully saturated rings. The maximum atomic E-state index is 12.7. The molecule has 150 valence electrons. The van der Waals surface area contributed by atoms with E-state index in [0.29, 0.717) is 32.2 Å². The lowest BCUT2D eigenvalue weighted by Gasteiger charge is -2.35. The molecule has 1 unspecified atom stereocenters. The summed E-state index contributed by atoms with van der Waals surface area (Å²) in [6.07, 6.45) is 0. The average molecular weight is 423 g/mol. The molecular formula is C20H24Cl2N4O2. The monoisotopic (exact) mass is 422 g/mol. The third-order valence-corrected chi connectivity index (χ3v) is 4.82. The van der Waals surface area contributed by atoms with E-state index in [9.17, 15) is 4.79 Å². The van der Waals surface area contributed by atoms with Crippen molar-refractivity contribution in [2.24, 2.45) is 5.73 Å². The lowest BCUT2D eigenvalue weighted by Crippen LogP contribution is -2.51. The number of piperazine rings is 1. The Hall–Kier alpha value is -2.28. The molecular weight excluding hydrogens is 399 g/mol. The van der Waals surface area contributed by atoms with Crippen LogP contribution in [-0.4, -0.2) is 42.0 Å². The van der Waals surface area contributed by atoms with E-state index in [-0.39, 0.29) is 30.7 Å². The standard InChI is InChI=1S/C20H22N4O2.2ClH/c1-14-7-8-17-16(13-14)22-20(26-17)24-11-9-23(10-12-24)19(25)18(21)15-5-3-2-4-6-15;;/h2-8,13,18H,9-12,21H2,1H3;2*1H. The van der Waals surface area contributed by atoms with Gasteiger partial charge in [-0.15, -0.1) is 24.8 Å². The number of hydrogen-bond acceptors (Lipinski definition) is 5. The summed E-state index contributed by atoms with van der Waals surface area (Å²) in [6.45, 7) is 4.61. The minimum absolute atomic E-state index is 0. The number of rotatable bonds is 3. The number of oxazole rings is 1. The number of aromatic nitrogens is 1. The van der Waals surface area contributed by atoms with Crippen molar-refractivity contribution >= 4 is 47.8 Å². The predicted octanol–water partition coefficient (Wildman–Crippen LogP) is 3.33. The average Bonchev–Trinajstić information content (AvgIpc) is 3.11. The summed E-state index contributed by atoms with van der Waals surface area (Å²) in [5.74, 6) is -0.0379. The van der Waals surface area contributed by atoms with Crippen LogP contribution in [0.5, 0.6) is 0 Å². The molecule has 6 nitrogen and oxygen atoms in total. The fourth-order valence-corrected chi connectivity index (χ4v) is 3.28. The van der Waals surface area contributed by atoms with Gasteiger partial charge in [-0.3, -0.25) is 4.79 Å². The first-order chi connectivity index (χ1) is 12.6. The third-order valence-electron chi connectivity index (χ3n) is 4.82. The molecule has 0 aliphatic carbocycles. The van der Waals surface area contributed by atoms with Gasteiger partial charge in [0.05, 0.1) is 0 Å². The number of carbonyl (C=O) groups excluding carboxylic acids is 1. The Bertz CT molecular complexity index is 924. The molecule has 2 N–H and O–H groups in total. The second kappa shape index (κ2) is 9.28. The van der Waals surface area contributed by atoms with Gasteiger partial charge in [-0.2, -0.15) is 4.98 Å². The van der Waals surface area contributed by atoms with Gasteiger partial charge in [-0.1, -0.05) is 36.4 Å². The van der Waals surface area contributed by atoms with E-state index in [0.717, 1.165) is 22.2 Å². The zero-order valence-electron chi connectivity index (χ0n) is 15.6. The van der Waals surface area contributed by atoms with Gasteiger partial charge in [0, 0.05) is 26.2 Å². The number of carbonyl (C=O) groups is 1. The number of hydrogen-bond donors (Lipinski definition) is 1. The SMILES string of the molecule is Cc1ccc2oc(N3CCN(C(=O)C(N)c4ccccc4)CC3)nc2c1.Cl.Cl. The summed E-state index contributed by atoms with van der Waals surface area (Å²) < 4.78 is 5.86. The molecule has 2 heterocycles. The smallest absolute Gasteiger partial charge is 0.298 e. The van der Waals surface area contributed by atoms with Crippen LogP contribution in [0.15, 0.2) is 52.9 Å². The first kappa shape index (κ1) is 22.0. The van der Waals surface area contributed by atoms with E-state index in [2.05, 4.69) is 9.88 Å². The molecule has 1 atom stereocenters. The maximum Gasteiger partial charge on any atom is 0.298 e. The molecule has 28 heavy (non-hydrogen) atoms. The maximum absolute atomic E-state index is 12.7. The molecule has 1 saturated heterocycles. The van der Waals surface area contributed by atoms with Gasteiger partial charge in [0.1, 0.15) is 11.6 Å². The number of fused-ring (bicyclic) bond motifs is 1. The van der Waals surface area contributed by atoms with Crippen LogP contribution in [0.25, 0.3) is 11.1 Å². The highest BCUT2D eigenvalue weighted by molar-refractivity contribution is 5.85. The van der Waals surface area contributed by atoms with Gasteiger partial charge < -0.3 is 20.0 Å². The number of nitrogens with zero attached hydrogens (tertiary/aromatic N) is 3. The normalized spacial score (nSPS) is 14.9. The molecule has 1 aliphatic rings. The lowest BCUT2D eigenvalue weighted by atomic mass is 10.1.